The zero-order chi connectivity index (χ0) is 12.8. The van der Waals surface area contributed by atoms with Gasteiger partial charge in [-0.1, -0.05) is 36.8 Å². The van der Waals surface area contributed by atoms with E-state index in [1.165, 1.54) is 29.0 Å². The van der Waals surface area contributed by atoms with Crippen LogP contribution in [0.1, 0.15) is 19.8 Å². The Balaban J connectivity index is 2.02. The Kier molecular flexibility index (Phi) is 4.59. The molecule has 2 N–H and O–H groups in total. The maximum absolute atomic E-state index is 4.29. The minimum atomic E-state index is 0.954. The Bertz CT molecular complexity index is 476. The average Bonchev–Trinajstić information content (AvgIpc) is 2.89. The number of nitrogens with zero attached hydrogens (tertiary/aromatic N) is 1. The summed E-state index contributed by atoms with van der Waals surface area (Å²) in [6, 6.07) is 8.54. The fourth-order valence-electron chi connectivity index (χ4n) is 1.69. The molecule has 1 aromatic heterocycles. The first-order chi connectivity index (χ1) is 8.83. The van der Waals surface area contributed by atoms with Gasteiger partial charge in [-0.15, -0.1) is 0 Å². The van der Waals surface area contributed by atoms with E-state index in [2.05, 4.69) is 46.8 Å². The van der Waals surface area contributed by atoms with Gasteiger partial charge in [0, 0.05) is 25.5 Å². The van der Waals surface area contributed by atoms with Gasteiger partial charge >= 0.3 is 0 Å². The van der Waals surface area contributed by atoms with Gasteiger partial charge in [0.05, 0.1) is 4.88 Å². The molecule has 1 heterocycles. The molecule has 0 spiro atoms. The minimum Gasteiger partial charge on any atom is -0.385 e. The van der Waals surface area contributed by atoms with E-state index in [9.17, 15) is 0 Å². The van der Waals surface area contributed by atoms with Gasteiger partial charge in [0.1, 0.15) is 0 Å². The number of thiazole rings is 1. The molecule has 2 aromatic rings. The summed E-state index contributed by atoms with van der Waals surface area (Å²) in [5.41, 5.74) is 2.40. The minimum absolute atomic E-state index is 0.954. The summed E-state index contributed by atoms with van der Waals surface area (Å²) in [6.07, 6.45) is 4.34. The quantitative estimate of drug-likeness (QED) is 0.770. The van der Waals surface area contributed by atoms with Crippen molar-refractivity contribution in [3.63, 3.8) is 0 Å². The number of aromatic nitrogens is 1. The smallest absolute Gasteiger partial charge is 0.182 e. The molecule has 0 aliphatic heterocycles. The lowest BCUT2D eigenvalue weighted by atomic mass is 10.2. The van der Waals surface area contributed by atoms with Crippen LogP contribution in [0, 0.1) is 0 Å². The Hall–Kier alpha value is -1.55. The van der Waals surface area contributed by atoms with Crippen LogP contribution in [0.2, 0.25) is 0 Å². The van der Waals surface area contributed by atoms with E-state index >= 15 is 0 Å². The highest BCUT2D eigenvalue weighted by Gasteiger charge is 2.03. The third-order valence-corrected chi connectivity index (χ3v) is 3.81. The number of unbranched alkanes of at least 4 members (excludes halogenated alkanes) is 1. The van der Waals surface area contributed by atoms with Crippen molar-refractivity contribution in [3.8, 4) is 10.4 Å². The zero-order valence-electron chi connectivity index (χ0n) is 10.9. The van der Waals surface area contributed by atoms with Gasteiger partial charge < -0.3 is 10.6 Å². The zero-order valence-corrected chi connectivity index (χ0v) is 11.7. The van der Waals surface area contributed by atoms with Gasteiger partial charge in [-0.2, -0.15) is 0 Å². The Labute approximate surface area is 112 Å². The van der Waals surface area contributed by atoms with Crippen LogP contribution >= 0.6 is 11.3 Å². The van der Waals surface area contributed by atoms with Crippen molar-refractivity contribution in [2.45, 2.75) is 19.8 Å². The molecule has 96 valence electrons. The fraction of sp³-hybridized carbons (Fsp3) is 0.357. The first-order valence-electron chi connectivity index (χ1n) is 6.31. The molecular formula is C14H19N3S. The molecule has 0 atom stereocenters. The highest BCUT2D eigenvalue weighted by molar-refractivity contribution is 7.18. The van der Waals surface area contributed by atoms with Crippen LogP contribution in [-0.2, 0) is 0 Å². The van der Waals surface area contributed by atoms with Crippen molar-refractivity contribution >= 4 is 22.2 Å². The fourth-order valence-corrected chi connectivity index (χ4v) is 2.46. The van der Waals surface area contributed by atoms with Crippen molar-refractivity contribution in [2.75, 3.05) is 24.2 Å². The summed E-state index contributed by atoms with van der Waals surface area (Å²) in [7, 11) is 1.89. The van der Waals surface area contributed by atoms with E-state index in [1.807, 2.05) is 13.2 Å². The SMILES string of the molecule is CCCCNc1ccc(-c2cnc(NC)s2)cc1. The number of hydrogen-bond donors (Lipinski definition) is 2. The van der Waals surface area contributed by atoms with Crippen LogP contribution in [-0.4, -0.2) is 18.6 Å². The number of nitrogens with one attached hydrogen (secondary N) is 2. The molecule has 3 nitrogen and oxygen atoms in total. The summed E-state index contributed by atoms with van der Waals surface area (Å²) in [5, 5.41) is 7.43. The second kappa shape index (κ2) is 6.40. The van der Waals surface area contributed by atoms with Crippen molar-refractivity contribution in [3.05, 3.63) is 30.5 Å². The lowest BCUT2D eigenvalue weighted by molar-refractivity contribution is 0.834. The Morgan fingerprint density at radius 3 is 2.61 bits per heavy atom. The summed E-state index contributed by atoms with van der Waals surface area (Å²) >= 11 is 1.67. The second-order valence-corrected chi connectivity index (χ2v) is 5.17. The van der Waals surface area contributed by atoms with E-state index in [4.69, 9.17) is 0 Å². The molecule has 0 unspecified atom stereocenters. The highest BCUT2D eigenvalue weighted by atomic mass is 32.1. The molecule has 0 amide bonds. The van der Waals surface area contributed by atoms with Crippen molar-refractivity contribution < 1.29 is 0 Å². The maximum atomic E-state index is 4.29. The van der Waals surface area contributed by atoms with Crippen LogP contribution < -0.4 is 10.6 Å². The van der Waals surface area contributed by atoms with Gasteiger partial charge in [-0.25, -0.2) is 4.98 Å². The molecule has 1 aromatic carbocycles. The summed E-state index contributed by atoms with van der Waals surface area (Å²) in [5.74, 6) is 0. The number of anilines is 2. The van der Waals surface area contributed by atoms with E-state index in [0.29, 0.717) is 0 Å². The molecule has 0 saturated heterocycles. The normalized spacial score (nSPS) is 10.3. The van der Waals surface area contributed by atoms with Crippen molar-refractivity contribution in [1.82, 2.24) is 4.98 Å². The van der Waals surface area contributed by atoms with Gasteiger partial charge in [-0.05, 0) is 24.1 Å². The molecular weight excluding hydrogens is 242 g/mol. The van der Waals surface area contributed by atoms with Crippen LogP contribution in [0.15, 0.2) is 30.5 Å². The van der Waals surface area contributed by atoms with E-state index in [0.717, 1.165) is 11.7 Å². The molecule has 18 heavy (non-hydrogen) atoms. The lowest BCUT2D eigenvalue weighted by Gasteiger charge is -2.05. The van der Waals surface area contributed by atoms with Gasteiger partial charge in [-0.3, -0.25) is 0 Å². The third-order valence-electron chi connectivity index (χ3n) is 2.75. The predicted molar refractivity (Wildman–Crippen MR) is 80.5 cm³/mol. The highest BCUT2D eigenvalue weighted by Crippen LogP contribution is 2.29. The molecule has 0 radical (unpaired) electrons. The van der Waals surface area contributed by atoms with Crippen LogP contribution in [0.3, 0.4) is 0 Å². The number of hydrogen-bond acceptors (Lipinski definition) is 4. The Morgan fingerprint density at radius 1 is 1.22 bits per heavy atom. The van der Waals surface area contributed by atoms with E-state index in [-0.39, 0.29) is 0 Å². The predicted octanol–water partition coefficient (Wildman–Crippen LogP) is 4.06. The first kappa shape index (κ1) is 12.9. The molecule has 0 aliphatic rings. The van der Waals surface area contributed by atoms with Crippen molar-refractivity contribution in [1.29, 1.82) is 0 Å². The molecule has 0 fully saturated rings. The second-order valence-electron chi connectivity index (χ2n) is 4.14. The Morgan fingerprint density at radius 2 is 2.00 bits per heavy atom. The van der Waals surface area contributed by atoms with Crippen LogP contribution in [0.4, 0.5) is 10.8 Å². The molecule has 4 heteroatoms. The van der Waals surface area contributed by atoms with Gasteiger partial charge in [0.25, 0.3) is 0 Å². The average molecular weight is 261 g/mol. The van der Waals surface area contributed by atoms with Crippen LogP contribution in [0.5, 0.6) is 0 Å². The summed E-state index contributed by atoms with van der Waals surface area (Å²) < 4.78 is 0. The van der Waals surface area contributed by atoms with Crippen LogP contribution in [0.25, 0.3) is 10.4 Å². The monoisotopic (exact) mass is 261 g/mol. The molecule has 0 saturated carbocycles. The third kappa shape index (κ3) is 3.23. The summed E-state index contributed by atoms with van der Waals surface area (Å²) in [4.78, 5) is 5.48. The maximum Gasteiger partial charge on any atom is 0.182 e. The van der Waals surface area contributed by atoms with E-state index < -0.39 is 0 Å². The molecule has 0 bridgehead atoms. The number of benzene rings is 1. The molecule has 0 aliphatic carbocycles. The lowest BCUT2D eigenvalue weighted by Crippen LogP contribution is -2.00. The largest absolute Gasteiger partial charge is 0.385 e. The van der Waals surface area contributed by atoms with E-state index in [1.54, 1.807) is 11.3 Å². The molecule has 2 rings (SSSR count). The van der Waals surface area contributed by atoms with Gasteiger partial charge in [0.2, 0.25) is 0 Å². The topological polar surface area (TPSA) is 37.0 Å². The van der Waals surface area contributed by atoms with Crippen molar-refractivity contribution in [2.24, 2.45) is 0 Å². The summed E-state index contributed by atoms with van der Waals surface area (Å²) in [6.45, 7) is 3.24. The standard InChI is InChI=1S/C14H19N3S/c1-3-4-9-16-12-7-5-11(6-8-12)13-10-17-14(15-2)18-13/h5-8,10,16H,3-4,9H2,1-2H3,(H,15,17). The number of rotatable bonds is 6. The first-order valence-corrected chi connectivity index (χ1v) is 7.13. The van der Waals surface area contributed by atoms with Gasteiger partial charge in [0.15, 0.2) is 5.13 Å².